The fraction of sp³-hybridized carbons (Fsp3) is 0.462. The van der Waals surface area contributed by atoms with Crippen molar-refractivity contribution in [3.05, 3.63) is 29.8 Å². The molecule has 0 saturated heterocycles. The molecule has 0 aliphatic carbocycles. The lowest BCUT2D eigenvalue weighted by Gasteiger charge is -2.16. The highest BCUT2D eigenvalue weighted by Crippen LogP contribution is 2.08. The van der Waals surface area contributed by atoms with Gasteiger partial charge in [-0.2, -0.15) is 0 Å². The second kappa shape index (κ2) is 8.13. The van der Waals surface area contributed by atoms with Crippen LogP contribution >= 0.6 is 12.6 Å². The van der Waals surface area contributed by atoms with Crippen molar-refractivity contribution in [2.75, 3.05) is 40.4 Å². The van der Waals surface area contributed by atoms with Crippen LogP contribution in [0.3, 0.4) is 0 Å². The molecular weight excluding hydrogens is 248 g/mol. The molecule has 18 heavy (non-hydrogen) atoms. The number of carbonyl (C=O) groups excluding carboxylic acids is 1. The fourth-order valence-electron chi connectivity index (χ4n) is 1.47. The molecule has 0 saturated carbocycles. The Hall–Kier alpha value is -1.04. The maximum Gasteiger partial charge on any atom is 0.251 e. The molecule has 0 spiro atoms. The first-order valence-electron chi connectivity index (χ1n) is 5.88. The quantitative estimate of drug-likeness (QED) is 0.732. The minimum absolute atomic E-state index is 0.0639. The Bertz CT molecular complexity index is 385. The minimum Gasteiger partial charge on any atom is -0.383 e. The number of rotatable bonds is 7. The van der Waals surface area contributed by atoms with Crippen LogP contribution in [-0.2, 0) is 4.74 Å². The van der Waals surface area contributed by atoms with E-state index >= 15 is 0 Å². The second-order valence-electron chi connectivity index (χ2n) is 4.10. The SMILES string of the molecule is COCCN(C)CCNC(=O)c1cccc(S)c1. The van der Waals surface area contributed by atoms with Crippen molar-refractivity contribution in [1.29, 1.82) is 0 Å². The number of nitrogens with zero attached hydrogens (tertiary/aromatic N) is 1. The average Bonchev–Trinajstić information content (AvgIpc) is 2.36. The summed E-state index contributed by atoms with van der Waals surface area (Å²) in [7, 11) is 3.68. The van der Waals surface area contributed by atoms with Crippen molar-refractivity contribution in [1.82, 2.24) is 10.2 Å². The standard InChI is InChI=1S/C13H20N2O2S/c1-15(8-9-17-2)7-6-14-13(16)11-4-3-5-12(18)10-11/h3-5,10,18H,6-9H2,1-2H3,(H,14,16). The van der Waals surface area contributed by atoms with Crippen LogP contribution in [0, 0.1) is 0 Å². The number of amides is 1. The van der Waals surface area contributed by atoms with E-state index in [-0.39, 0.29) is 5.91 Å². The smallest absolute Gasteiger partial charge is 0.251 e. The van der Waals surface area contributed by atoms with E-state index in [4.69, 9.17) is 4.74 Å². The Kier molecular flexibility index (Phi) is 6.78. The van der Waals surface area contributed by atoms with Crippen LogP contribution in [-0.4, -0.2) is 51.2 Å². The first kappa shape index (κ1) is 15.0. The summed E-state index contributed by atoms with van der Waals surface area (Å²) < 4.78 is 4.98. The molecule has 1 N–H and O–H groups in total. The number of thiol groups is 1. The van der Waals surface area contributed by atoms with E-state index in [2.05, 4.69) is 22.8 Å². The number of likely N-dealkylation sites (N-methyl/N-ethyl adjacent to an activating group) is 1. The number of benzene rings is 1. The molecule has 4 nitrogen and oxygen atoms in total. The maximum atomic E-state index is 11.8. The summed E-state index contributed by atoms with van der Waals surface area (Å²) in [5.41, 5.74) is 0.641. The molecule has 1 amide bonds. The van der Waals surface area contributed by atoms with E-state index in [1.54, 1.807) is 19.2 Å². The highest BCUT2D eigenvalue weighted by Gasteiger charge is 2.05. The first-order valence-corrected chi connectivity index (χ1v) is 6.33. The second-order valence-corrected chi connectivity index (χ2v) is 4.62. The monoisotopic (exact) mass is 268 g/mol. The molecule has 1 rings (SSSR count). The third-order valence-corrected chi connectivity index (χ3v) is 2.84. The summed E-state index contributed by atoms with van der Waals surface area (Å²) in [6, 6.07) is 7.21. The Morgan fingerprint density at radius 3 is 2.89 bits per heavy atom. The van der Waals surface area contributed by atoms with Crippen LogP contribution in [0.1, 0.15) is 10.4 Å². The third-order valence-electron chi connectivity index (χ3n) is 2.56. The van der Waals surface area contributed by atoms with Crippen molar-refractivity contribution in [3.63, 3.8) is 0 Å². The van der Waals surface area contributed by atoms with Gasteiger partial charge in [0.2, 0.25) is 0 Å². The van der Waals surface area contributed by atoms with Crippen molar-refractivity contribution < 1.29 is 9.53 Å². The van der Waals surface area contributed by atoms with Gasteiger partial charge in [-0.05, 0) is 25.2 Å². The van der Waals surface area contributed by atoms with Crippen LogP contribution < -0.4 is 5.32 Å². The molecule has 1 aromatic carbocycles. The van der Waals surface area contributed by atoms with Crippen LogP contribution in [0.2, 0.25) is 0 Å². The average molecular weight is 268 g/mol. The summed E-state index contributed by atoms with van der Waals surface area (Å²) in [5, 5.41) is 2.88. The van der Waals surface area contributed by atoms with Gasteiger partial charge in [0.15, 0.2) is 0 Å². The summed E-state index contributed by atoms with van der Waals surface area (Å²) in [6.45, 7) is 2.98. The number of hydrogen-bond donors (Lipinski definition) is 2. The Labute approximate surface area is 114 Å². The van der Waals surface area contributed by atoms with E-state index in [1.807, 2.05) is 19.2 Å². The number of nitrogens with one attached hydrogen (secondary N) is 1. The number of ether oxygens (including phenoxy) is 1. The van der Waals surface area contributed by atoms with Crippen molar-refractivity contribution in [2.24, 2.45) is 0 Å². The van der Waals surface area contributed by atoms with Gasteiger partial charge in [-0.1, -0.05) is 6.07 Å². The summed E-state index contributed by atoms with van der Waals surface area (Å²) in [5.74, 6) is -0.0639. The zero-order chi connectivity index (χ0) is 13.4. The predicted molar refractivity (Wildman–Crippen MR) is 75.4 cm³/mol. The first-order chi connectivity index (χ1) is 8.63. The van der Waals surface area contributed by atoms with E-state index in [0.717, 1.165) is 18.0 Å². The van der Waals surface area contributed by atoms with Gasteiger partial charge in [-0.3, -0.25) is 4.79 Å². The largest absolute Gasteiger partial charge is 0.383 e. The molecule has 0 bridgehead atoms. The molecule has 0 aliphatic rings. The lowest BCUT2D eigenvalue weighted by Crippen LogP contribution is -2.34. The Morgan fingerprint density at radius 1 is 1.44 bits per heavy atom. The molecule has 1 aromatic rings. The van der Waals surface area contributed by atoms with Gasteiger partial charge in [-0.25, -0.2) is 0 Å². The summed E-state index contributed by atoms with van der Waals surface area (Å²) in [4.78, 5) is 14.7. The van der Waals surface area contributed by atoms with Gasteiger partial charge >= 0.3 is 0 Å². The molecular formula is C13H20N2O2S. The molecule has 0 unspecified atom stereocenters. The van der Waals surface area contributed by atoms with Gasteiger partial charge in [0.25, 0.3) is 5.91 Å². The normalized spacial score (nSPS) is 10.7. The van der Waals surface area contributed by atoms with Crippen molar-refractivity contribution >= 4 is 18.5 Å². The van der Waals surface area contributed by atoms with Gasteiger partial charge in [0, 0.05) is 37.2 Å². The molecule has 0 atom stereocenters. The van der Waals surface area contributed by atoms with Crippen LogP contribution in [0.4, 0.5) is 0 Å². The molecule has 0 fully saturated rings. The maximum absolute atomic E-state index is 11.8. The van der Waals surface area contributed by atoms with Gasteiger partial charge < -0.3 is 15.0 Å². The van der Waals surface area contributed by atoms with Crippen LogP contribution in [0.15, 0.2) is 29.2 Å². The lowest BCUT2D eigenvalue weighted by atomic mass is 10.2. The highest BCUT2D eigenvalue weighted by atomic mass is 32.1. The van der Waals surface area contributed by atoms with E-state index in [9.17, 15) is 4.79 Å². The summed E-state index contributed by atoms with van der Waals surface area (Å²) in [6.07, 6.45) is 0. The molecule has 0 heterocycles. The topological polar surface area (TPSA) is 41.6 Å². The molecule has 0 aliphatic heterocycles. The van der Waals surface area contributed by atoms with Crippen molar-refractivity contribution in [2.45, 2.75) is 4.90 Å². The molecule has 0 aromatic heterocycles. The molecule has 100 valence electrons. The van der Waals surface area contributed by atoms with Crippen LogP contribution in [0.5, 0.6) is 0 Å². The van der Waals surface area contributed by atoms with Gasteiger partial charge in [0.1, 0.15) is 0 Å². The van der Waals surface area contributed by atoms with Crippen LogP contribution in [0.25, 0.3) is 0 Å². The molecule has 0 radical (unpaired) electrons. The minimum atomic E-state index is -0.0639. The van der Waals surface area contributed by atoms with Gasteiger partial charge in [0.05, 0.1) is 6.61 Å². The zero-order valence-electron chi connectivity index (χ0n) is 10.8. The Balaban J connectivity index is 2.29. The van der Waals surface area contributed by atoms with E-state index in [0.29, 0.717) is 18.7 Å². The van der Waals surface area contributed by atoms with Crippen molar-refractivity contribution in [3.8, 4) is 0 Å². The van der Waals surface area contributed by atoms with Gasteiger partial charge in [-0.15, -0.1) is 12.6 Å². The number of hydrogen-bond acceptors (Lipinski definition) is 4. The number of methoxy groups -OCH3 is 1. The predicted octanol–water partition coefficient (Wildman–Crippen LogP) is 1.28. The fourth-order valence-corrected chi connectivity index (χ4v) is 1.69. The zero-order valence-corrected chi connectivity index (χ0v) is 11.7. The lowest BCUT2D eigenvalue weighted by molar-refractivity contribution is 0.0947. The third kappa shape index (κ3) is 5.53. The number of carbonyl (C=O) groups is 1. The Morgan fingerprint density at radius 2 is 2.22 bits per heavy atom. The van der Waals surface area contributed by atoms with E-state index < -0.39 is 0 Å². The summed E-state index contributed by atoms with van der Waals surface area (Å²) >= 11 is 4.21. The van der Waals surface area contributed by atoms with E-state index in [1.165, 1.54) is 0 Å². The highest BCUT2D eigenvalue weighted by molar-refractivity contribution is 7.80. The molecule has 5 heteroatoms.